The summed E-state index contributed by atoms with van der Waals surface area (Å²) in [5.41, 5.74) is 27.6. The Labute approximate surface area is 325 Å². The van der Waals surface area contributed by atoms with Gasteiger partial charge in [0.15, 0.2) is 0 Å². The average molecular weight is 719 g/mol. The summed E-state index contributed by atoms with van der Waals surface area (Å²) in [7, 11) is 0. The van der Waals surface area contributed by atoms with Gasteiger partial charge in [-0.15, -0.1) is 0 Å². The van der Waals surface area contributed by atoms with Crippen molar-refractivity contribution in [1.82, 2.24) is 9.97 Å². The molecule has 0 atom stereocenters. The van der Waals surface area contributed by atoms with Gasteiger partial charge in [0.05, 0.1) is 34.2 Å². The van der Waals surface area contributed by atoms with E-state index < -0.39 is 0 Å². The van der Waals surface area contributed by atoms with Crippen LogP contribution in [0, 0.1) is 27.7 Å². The number of H-pyrrole nitrogens is 2. The van der Waals surface area contributed by atoms with Crippen molar-refractivity contribution >= 4 is 22.6 Å². The zero-order valence-electron chi connectivity index (χ0n) is 35.2. The van der Waals surface area contributed by atoms with Crippen molar-refractivity contribution in [2.45, 2.75) is 134 Å². The third-order valence-electron chi connectivity index (χ3n) is 11.9. The van der Waals surface area contributed by atoms with Gasteiger partial charge in [0.1, 0.15) is 0 Å². The first-order chi connectivity index (χ1) is 26.1. The Hall–Kier alpha value is -4.70. The molecule has 2 aliphatic rings. The maximum Gasteiger partial charge on any atom is 0.0932 e. The van der Waals surface area contributed by atoms with Crippen LogP contribution in [0.4, 0.5) is 0 Å². The molecule has 0 bridgehead atoms. The average Bonchev–Trinajstić information content (AvgIpc) is 3.91. The van der Waals surface area contributed by atoms with Gasteiger partial charge in [0.25, 0.3) is 0 Å². The molecule has 282 valence electrons. The molecular weight excluding hydrogens is 657 g/mol. The largest absolute Gasteiger partial charge is 0.358 e. The molecule has 4 aromatic rings. The lowest BCUT2D eigenvalue weighted by Crippen LogP contribution is -2.16. The molecule has 0 radical (unpaired) electrons. The second-order valence-corrected chi connectivity index (χ2v) is 15.0. The fraction of sp³-hybridized carbons (Fsp3) is 0.400. The molecule has 0 saturated heterocycles. The number of aromatic amines is 2. The monoisotopic (exact) mass is 718 g/mol. The first-order valence-corrected chi connectivity index (χ1v) is 20.8. The van der Waals surface area contributed by atoms with Crippen molar-refractivity contribution in [1.29, 1.82) is 0 Å². The van der Waals surface area contributed by atoms with Crippen LogP contribution in [0.3, 0.4) is 0 Å². The summed E-state index contributed by atoms with van der Waals surface area (Å²) < 4.78 is 0. The number of aryl methyl sites for hydroxylation is 4. The number of nitrogens with zero attached hydrogens (tertiary/aromatic N) is 2. The van der Waals surface area contributed by atoms with Gasteiger partial charge in [-0.1, -0.05) is 115 Å². The minimum absolute atomic E-state index is 0.897. The van der Waals surface area contributed by atoms with E-state index in [0.29, 0.717) is 0 Å². The van der Waals surface area contributed by atoms with E-state index in [9.17, 15) is 0 Å². The maximum atomic E-state index is 5.78. The van der Waals surface area contributed by atoms with Crippen LogP contribution < -0.4 is 0 Å². The van der Waals surface area contributed by atoms with E-state index in [-0.39, 0.29) is 0 Å². The van der Waals surface area contributed by atoms with E-state index in [1.807, 2.05) is 0 Å². The number of rotatable bonds is 13. The van der Waals surface area contributed by atoms with Gasteiger partial charge in [-0.05, 0) is 135 Å². The third kappa shape index (κ3) is 6.67. The Morgan fingerprint density at radius 3 is 1.00 bits per heavy atom. The van der Waals surface area contributed by atoms with Gasteiger partial charge in [-0.25, -0.2) is 9.98 Å². The summed E-state index contributed by atoms with van der Waals surface area (Å²) in [6, 6.07) is 18.1. The van der Waals surface area contributed by atoms with Crippen molar-refractivity contribution < 1.29 is 0 Å². The summed E-state index contributed by atoms with van der Waals surface area (Å²) in [5.74, 6) is 0. The van der Waals surface area contributed by atoms with Crippen molar-refractivity contribution in [3.8, 4) is 0 Å². The van der Waals surface area contributed by atoms with Gasteiger partial charge in [0.2, 0.25) is 0 Å². The molecule has 2 N–H and O–H groups in total. The lowest BCUT2D eigenvalue weighted by molar-refractivity contribution is 1.03. The summed E-state index contributed by atoms with van der Waals surface area (Å²) in [4.78, 5) is 19.3. The molecule has 6 rings (SSSR count). The number of aliphatic imine (C=N–C) groups is 2. The summed E-state index contributed by atoms with van der Waals surface area (Å²) >= 11 is 0. The van der Waals surface area contributed by atoms with E-state index in [2.05, 4.69) is 142 Å². The van der Waals surface area contributed by atoms with Crippen LogP contribution in [-0.2, 0) is 25.7 Å². The van der Waals surface area contributed by atoms with Crippen LogP contribution >= 0.6 is 0 Å². The standard InChI is InChI=1S/C50H62N4/c1-13-35-31(11)51-45(37(35)15-3)43(33-25-21-29(9)22-26-33)47-39(17-5)41(19-7)49(53-47)50-42(20-8)40(18-6)48(54-50)44(34-27-23-30(10)24-28-34)46-38(16-4)36(14-2)32(12)52-46/h21-28,51-52H,13-20H2,1-12H3/b47-43+,48-44+. The highest BCUT2D eigenvalue weighted by Gasteiger charge is 2.35. The highest BCUT2D eigenvalue weighted by Crippen LogP contribution is 2.45. The Balaban J connectivity index is 1.72. The zero-order valence-corrected chi connectivity index (χ0v) is 35.2. The molecule has 0 saturated carbocycles. The predicted molar refractivity (Wildman–Crippen MR) is 233 cm³/mol. The second kappa shape index (κ2) is 16.3. The highest BCUT2D eigenvalue weighted by molar-refractivity contribution is 6.55. The number of nitrogens with one attached hydrogen (secondary N) is 2. The first-order valence-electron chi connectivity index (χ1n) is 20.8. The van der Waals surface area contributed by atoms with E-state index in [0.717, 1.165) is 74.2 Å². The molecule has 2 aromatic carbocycles. The van der Waals surface area contributed by atoms with Crippen molar-refractivity contribution in [3.05, 3.63) is 150 Å². The summed E-state index contributed by atoms with van der Waals surface area (Å²) in [5, 5.41) is 0. The molecule has 4 heterocycles. The second-order valence-electron chi connectivity index (χ2n) is 15.0. The summed E-state index contributed by atoms with van der Waals surface area (Å²) in [6.07, 6.45) is 7.55. The number of hydrogen-bond donors (Lipinski definition) is 2. The van der Waals surface area contributed by atoms with E-state index in [4.69, 9.17) is 9.98 Å². The molecular formula is C50H62N4. The van der Waals surface area contributed by atoms with E-state index in [1.54, 1.807) is 0 Å². The molecule has 4 nitrogen and oxygen atoms in total. The zero-order chi connectivity index (χ0) is 38.8. The van der Waals surface area contributed by atoms with E-state index >= 15 is 0 Å². The van der Waals surface area contributed by atoms with E-state index in [1.165, 1.54) is 101 Å². The molecule has 4 heteroatoms. The Bertz CT molecular complexity index is 2090. The molecule has 0 unspecified atom stereocenters. The number of hydrogen-bond acceptors (Lipinski definition) is 2. The van der Waals surface area contributed by atoms with Crippen molar-refractivity contribution in [2.75, 3.05) is 0 Å². The molecule has 0 amide bonds. The number of allylic oxidation sites excluding steroid dienone is 4. The Morgan fingerprint density at radius 2 is 0.722 bits per heavy atom. The molecule has 0 spiro atoms. The normalized spacial score (nSPS) is 16.5. The van der Waals surface area contributed by atoms with Gasteiger partial charge in [-0.3, -0.25) is 0 Å². The molecule has 0 fully saturated rings. The molecule has 0 aliphatic carbocycles. The van der Waals surface area contributed by atoms with Crippen LogP contribution in [-0.4, -0.2) is 21.4 Å². The smallest absolute Gasteiger partial charge is 0.0932 e. The van der Waals surface area contributed by atoms with Gasteiger partial charge < -0.3 is 9.97 Å². The lowest BCUT2D eigenvalue weighted by Gasteiger charge is -2.15. The van der Waals surface area contributed by atoms with Gasteiger partial charge in [-0.2, -0.15) is 0 Å². The summed E-state index contributed by atoms with van der Waals surface area (Å²) in [6.45, 7) is 27.1. The fourth-order valence-electron chi connectivity index (χ4n) is 9.23. The Morgan fingerprint density at radius 1 is 0.407 bits per heavy atom. The predicted octanol–water partition coefficient (Wildman–Crippen LogP) is 13.2. The maximum absolute atomic E-state index is 5.78. The molecule has 2 aliphatic heterocycles. The molecule has 54 heavy (non-hydrogen) atoms. The molecule has 2 aromatic heterocycles. The quantitative estimate of drug-likeness (QED) is 0.138. The number of aromatic nitrogens is 2. The minimum Gasteiger partial charge on any atom is -0.358 e. The van der Waals surface area contributed by atoms with Crippen LogP contribution in [0.15, 0.2) is 92.2 Å². The van der Waals surface area contributed by atoms with Gasteiger partial charge >= 0.3 is 0 Å². The number of benzene rings is 2. The fourth-order valence-corrected chi connectivity index (χ4v) is 9.23. The Kier molecular flexibility index (Phi) is 11.8. The van der Waals surface area contributed by atoms with Crippen LogP contribution in [0.2, 0.25) is 0 Å². The first kappa shape index (κ1) is 39.0. The minimum atomic E-state index is 0.897. The van der Waals surface area contributed by atoms with Crippen LogP contribution in [0.25, 0.3) is 11.1 Å². The van der Waals surface area contributed by atoms with Crippen LogP contribution in [0.5, 0.6) is 0 Å². The third-order valence-corrected chi connectivity index (χ3v) is 11.9. The highest BCUT2D eigenvalue weighted by atomic mass is 14.9. The van der Waals surface area contributed by atoms with Crippen molar-refractivity contribution in [3.63, 3.8) is 0 Å². The topological polar surface area (TPSA) is 56.3 Å². The van der Waals surface area contributed by atoms with Crippen LogP contribution in [0.1, 0.15) is 148 Å². The SMILES string of the molecule is CCC1=C(CC)/C(=C(/c2ccc(C)cc2)c2[nH]c(C)c(CC)c2CC)N=C1C1=N/C(=C(\c2ccc(C)cc2)c2[nH]c(C)c(CC)c2CC)C(CC)=C1CC. The lowest BCUT2D eigenvalue weighted by atomic mass is 9.88. The van der Waals surface area contributed by atoms with Gasteiger partial charge in [0, 0.05) is 22.5 Å². The van der Waals surface area contributed by atoms with Crippen molar-refractivity contribution in [2.24, 2.45) is 9.98 Å².